The Hall–Kier alpha value is -1.13. The largest absolute Gasteiger partial charge is 0.355 e. The van der Waals surface area contributed by atoms with E-state index in [0.29, 0.717) is 26.2 Å². The number of halogens is 2. The molecule has 0 bridgehead atoms. The zero-order valence-corrected chi connectivity index (χ0v) is 17.2. The highest BCUT2D eigenvalue weighted by Gasteiger charge is 2.27. The summed E-state index contributed by atoms with van der Waals surface area (Å²) in [5.74, 6) is 0.541. The molecule has 1 amide bonds. The number of carbonyl (C=O) groups excluding carboxylic acids is 1. The van der Waals surface area contributed by atoms with E-state index in [2.05, 4.69) is 15.2 Å². The molecule has 0 aliphatic carbocycles. The van der Waals surface area contributed by atoms with Crippen LogP contribution in [0.4, 0.5) is 5.82 Å². The molecule has 8 nitrogen and oxygen atoms in total. The summed E-state index contributed by atoms with van der Waals surface area (Å²) in [5.41, 5.74) is 5.53. The predicted octanol–water partition coefficient (Wildman–Crippen LogP) is 0.231. The first-order valence-electron chi connectivity index (χ1n) is 8.04. The predicted molar refractivity (Wildman–Crippen MR) is 108 cm³/mol. The summed E-state index contributed by atoms with van der Waals surface area (Å²) in [5, 5.41) is 2.60. The van der Waals surface area contributed by atoms with Crippen molar-refractivity contribution in [2.24, 2.45) is 5.73 Å². The van der Waals surface area contributed by atoms with Crippen molar-refractivity contribution < 1.29 is 13.2 Å². The van der Waals surface area contributed by atoms with Crippen LogP contribution in [0.3, 0.4) is 0 Å². The van der Waals surface area contributed by atoms with Gasteiger partial charge in [-0.15, -0.1) is 24.8 Å². The Morgan fingerprint density at radius 2 is 1.92 bits per heavy atom. The summed E-state index contributed by atoms with van der Waals surface area (Å²) in [7, 11) is -3.37. The van der Waals surface area contributed by atoms with Crippen molar-refractivity contribution in [3.05, 3.63) is 24.4 Å². The molecule has 1 aliphatic rings. The zero-order chi connectivity index (χ0) is 17.6. The van der Waals surface area contributed by atoms with E-state index in [1.807, 2.05) is 18.2 Å². The SMILES string of the molecule is CC(N)CC(=O)NCCS(=O)(=O)N1CCN(c2ccccn2)CC1.Cl.Cl. The lowest BCUT2D eigenvalue weighted by Crippen LogP contribution is -2.50. The van der Waals surface area contributed by atoms with E-state index in [1.54, 1.807) is 13.1 Å². The Labute approximate surface area is 167 Å². The molecule has 150 valence electrons. The third-order valence-electron chi connectivity index (χ3n) is 3.79. The molecule has 11 heteroatoms. The fraction of sp³-hybridized carbons (Fsp3) is 0.600. The third-order valence-corrected chi connectivity index (χ3v) is 5.67. The van der Waals surface area contributed by atoms with Crippen LogP contribution < -0.4 is 16.0 Å². The summed E-state index contributed by atoms with van der Waals surface area (Å²) < 4.78 is 26.2. The van der Waals surface area contributed by atoms with Gasteiger partial charge in [0.2, 0.25) is 15.9 Å². The average molecular weight is 428 g/mol. The van der Waals surface area contributed by atoms with Gasteiger partial charge in [0.25, 0.3) is 0 Å². The molecule has 1 atom stereocenters. The van der Waals surface area contributed by atoms with E-state index < -0.39 is 10.0 Å². The molecule has 2 heterocycles. The maximum absolute atomic E-state index is 12.3. The lowest BCUT2D eigenvalue weighted by molar-refractivity contribution is -0.121. The Kier molecular flexibility index (Phi) is 11.1. The van der Waals surface area contributed by atoms with Gasteiger partial charge in [-0.05, 0) is 19.1 Å². The van der Waals surface area contributed by atoms with Crippen LogP contribution in [-0.4, -0.2) is 68.1 Å². The summed E-state index contributed by atoms with van der Waals surface area (Å²) in [4.78, 5) is 17.9. The molecule has 1 aliphatic heterocycles. The van der Waals surface area contributed by atoms with Crippen molar-refractivity contribution in [3.63, 3.8) is 0 Å². The van der Waals surface area contributed by atoms with Gasteiger partial charge in [-0.2, -0.15) is 4.31 Å². The van der Waals surface area contributed by atoms with E-state index in [-0.39, 0.29) is 55.5 Å². The van der Waals surface area contributed by atoms with Crippen molar-refractivity contribution in [2.75, 3.05) is 43.4 Å². The molecule has 1 saturated heterocycles. The zero-order valence-electron chi connectivity index (χ0n) is 14.7. The fourth-order valence-corrected chi connectivity index (χ4v) is 3.89. The van der Waals surface area contributed by atoms with Crippen LogP contribution in [0.15, 0.2) is 24.4 Å². The minimum atomic E-state index is -3.37. The number of sulfonamides is 1. The maximum Gasteiger partial charge on any atom is 0.221 e. The van der Waals surface area contributed by atoms with E-state index in [4.69, 9.17) is 5.73 Å². The number of pyridine rings is 1. The Balaban J connectivity index is 0.00000312. The topological polar surface area (TPSA) is 109 Å². The van der Waals surface area contributed by atoms with Crippen LogP contribution in [0.5, 0.6) is 0 Å². The molecule has 1 aromatic heterocycles. The van der Waals surface area contributed by atoms with Gasteiger partial charge in [-0.3, -0.25) is 4.79 Å². The van der Waals surface area contributed by atoms with E-state index in [0.717, 1.165) is 5.82 Å². The minimum absolute atomic E-state index is 0. The summed E-state index contributed by atoms with van der Waals surface area (Å²) in [6, 6.07) is 5.44. The van der Waals surface area contributed by atoms with E-state index >= 15 is 0 Å². The van der Waals surface area contributed by atoms with Crippen LogP contribution in [-0.2, 0) is 14.8 Å². The van der Waals surface area contributed by atoms with Crippen molar-refractivity contribution >= 4 is 46.6 Å². The van der Waals surface area contributed by atoms with Gasteiger partial charge in [-0.25, -0.2) is 13.4 Å². The summed E-state index contributed by atoms with van der Waals surface area (Å²) in [6.07, 6.45) is 1.92. The number of hydrogen-bond donors (Lipinski definition) is 2. The second-order valence-electron chi connectivity index (χ2n) is 5.92. The van der Waals surface area contributed by atoms with Gasteiger partial charge >= 0.3 is 0 Å². The number of nitrogens with zero attached hydrogens (tertiary/aromatic N) is 3. The number of nitrogens with two attached hydrogens (primary N) is 1. The maximum atomic E-state index is 12.3. The molecule has 1 fully saturated rings. The van der Waals surface area contributed by atoms with E-state index in [9.17, 15) is 13.2 Å². The molecule has 3 N–H and O–H groups in total. The van der Waals surface area contributed by atoms with Crippen molar-refractivity contribution in [1.29, 1.82) is 0 Å². The molecule has 0 spiro atoms. The van der Waals surface area contributed by atoms with Gasteiger partial charge in [0.15, 0.2) is 0 Å². The number of rotatable bonds is 7. The molecule has 0 aromatic carbocycles. The van der Waals surface area contributed by atoms with Gasteiger partial charge in [-0.1, -0.05) is 6.07 Å². The molecule has 1 aromatic rings. The number of aromatic nitrogens is 1. The second kappa shape index (κ2) is 11.6. The Morgan fingerprint density at radius 1 is 1.27 bits per heavy atom. The van der Waals surface area contributed by atoms with Gasteiger partial charge in [0.05, 0.1) is 5.75 Å². The highest BCUT2D eigenvalue weighted by molar-refractivity contribution is 7.89. The van der Waals surface area contributed by atoms with Crippen molar-refractivity contribution in [1.82, 2.24) is 14.6 Å². The van der Waals surface area contributed by atoms with Crippen LogP contribution in [0.2, 0.25) is 0 Å². The summed E-state index contributed by atoms with van der Waals surface area (Å²) >= 11 is 0. The average Bonchev–Trinajstić information content (AvgIpc) is 2.55. The number of carbonyl (C=O) groups is 1. The lowest BCUT2D eigenvalue weighted by atomic mass is 10.2. The number of amides is 1. The van der Waals surface area contributed by atoms with E-state index in [1.165, 1.54) is 4.31 Å². The Bertz CT molecular complexity index is 638. The lowest BCUT2D eigenvalue weighted by Gasteiger charge is -2.34. The van der Waals surface area contributed by atoms with Gasteiger partial charge in [0.1, 0.15) is 5.82 Å². The third kappa shape index (κ3) is 7.63. The van der Waals surface area contributed by atoms with Crippen molar-refractivity contribution in [2.45, 2.75) is 19.4 Å². The second-order valence-corrected chi connectivity index (χ2v) is 8.01. The monoisotopic (exact) mass is 427 g/mol. The molecule has 0 saturated carbocycles. The van der Waals surface area contributed by atoms with Crippen LogP contribution in [0.25, 0.3) is 0 Å². The summed E-state index contributed by atoms with van der Waals surface area (Å²) in [6.45, 7) is 3.89. The first-order chi connectivity index (χ1) is 11.4. The van der Waals surface area contributed by atoms with Gasteiger partial charge < -0.3 is 16.0 Å². The molecule has 2 rings (SSSR count). The normalized spacial score (nSPS) is 16.2. The number of hydrogen-bond acceptors (Lipinski definition) is 6. The van der Waals surface area contributed by atoms with Crippen LogP contribution >= 0.6 is 24.8 Å². The quantitative estimate of drug-likeness (QED) is 0.644. The smallest absolute Gasteiger partial charge is 0.221 e. The molecule has 0 radical (unpaired) electrons. The molecular weight excluding hydrogens is 401 g/mol. The van der Waals surface area contributed by atoms with Gasteiger partial charge in [0, 0.05) is 51.4 Å². The number of piperazine rings is 1. The standard InChI is InChI=1S/C15H25N5O3S.2ClH/c1-13(16)12-15(21)18-6-11-24(22,23)20-9-7-19(8-10-20)14-4-2-3-5-17-14;;/h2-5,13H,6-12,16H2,1H3,(H,18,21);2*1H. The Morgan fingerprint density at radius 3 is 2.46 bits per heavy atom. The van der Waals surface area contributed by atoms with Crippen molar-refractivity contribution in [3.8, 4) is 0 Å². The molecule has 1 unspecified atom stereocenters. The minimum Gasteiger partial charge on any atom is -0.355 e. The van der Waals surface area contributed by atoms with Crippen LogP contribution in [0.1, 0.15) is 13.3 Å². The highest BCUT2D eigenvalue weighted by atomic mass is 35.5. The fourth-order valence-electron chi connectivity index (χ4n) is 2.55. The number of nitrogens with one attached hydrogen (secondary N) is 1. The first-order valence-corrected chi connectivity index (χ1v) is 9.65. The molecular formula is C15H27Cl2N5O3S. The van der Waals surface area contributed by atoms with Crippen LogP contribution in [0, 0.1) is 0 Å². The number of anilines is 1. The molecule has 26 heavy (non-hydrogen) atoms. The highest BCUT2D eigenvalue weighted by Crippen LogP contribution is 2.14. The first kappa shape index (κ1) is 24.9.